The molecule has 0 unspecified atom stereocenters. The van der Waals surface area contributed by atoms with Crippen LogP contribution >= 0.6 is 0 Å². The molecule has 0 radical (unpaired) electrons. The van der Waals surface area contributed by atoms with E-state index in [2.05, 4.69) is 40.0 Å². The number of aromatic nitrogens is 3. The van der Waals surface area contributed by atoms with E-state index < -0.39 is 0 Å². The van der Waals surface area contributed by atoms with E-state index in [1.165, 1.54) is 0 Å². The van der Waals surface area contributed by atoms with E-state index in [4.69, 9.17) is 4.98 Å². The minimum Gasteiger partial charge on any atom is -0.299 e. The van der Waals surface area contributed by atoms with Gasteiger partial charge in [0.2, 0.25) is 0 Å². The molecule has 0 aliphatic carbocycles. The van der Waals surface area contributed by atoms with Gasteiger partial charge in [-0.3, -0.25) is 9.55 Å². The summed E-state index contributed by atoms with van der Waals surface area (Å²) in [6, 6.07) is 24.4. The van der Waals surface area contributed by atoms with Crippen molar-refractivity contribution in [2.45, 2.75) is 0 Å². The molecule has 0 fully saturated rings. The van der Waals surface area contributed by atoms with Gasteiger partial charge in [-0.05, 0) is 24.3 Å². The maximum Gasteiger partial charge on any atom is 0.146 e. The van der Waals surface area contributed by atoms with Crippen LogP contribution in [0.3, 0.4) is 0 Å². The molecular weight excluding hydrogens is 282 g/mol. The second-order valence-corrected chi connectivity index (χ2v) is 5.26. The van der Waals surface area contributed by atoms with Crippen molar-refractivity contribution in [2.75, 3.05) is 0 Å². The Kier molecular flexibility index (Phi) is 3.45. The van der Waals surface area contributed by atoms with E-state index in [0.717, 1.165) is 28.3 Å². The number of imidazole rings is 1. The lowest BCUT2D eigenvalue weighted by molar-refractivity contribution is 1.06. The fraction of sp³-hybridized carbons (Fsp3) is 0. The first-order chi connectivity index (χ1) is 11.4. The van der Waals surface area contributed by atoms with Crippen molar-refractivity contribution in [3.05, 3.63) is 91.4 Å². The van der Waals surface area contributed by atoms with Crippen LogP contribution < -0.4 is 0 Å². The minimum absolute atomic E-state index is 0.892. The third-order valence-electron chi connectivity index (χ3n) is 3.73. The van der Waals surface area contributed by atoms with Crippen LogP contribution in [0.1, 0.15) is 0 Å². The third-order valence-corrected chi connectivity index (χ3v) is 3.73. The van der Waals surface area contributed by atoms with Crippen molar-refractivity contribution in [1.29, 1.82) is 0 Å². The van der Waals surface area contributed by atoms with E-state index in [1.807, 2.05) is 54.7 Å². The van der Waals surface area contributed by atoms with Gasteiger partial charge in [0.25, 0.3) is 0 Å². The Balaban J connectivity index is 1.91. The summed E-state index contributed by atoms with van der Waals surface area (Å²) in [5.41, 5.74) is 4.14. The van der Waals surface area contributed by atoms with Crippen molar-refractivity contribution < 1.29 is 0 Å². The highest BCUT2D eigenvalue weighted by molar-refractivity contribution is 5.66. The molecule has 4 rings (SSSR count). The van der Waals surface area contributed by atoms with Crippen LogP contribution in [0, 0.1) is 0 Å². The number of benzene rings is 2. The normalized spacial score (nSPS) is 10.6. The number of hydrogen-bond donors (Lipinski definition) is 0. The standard InChI is InChI=1S/C20H15N3/c1-3-8-16(9-4-1)19-15-23(18-11-5-2-6-12-18)20(22-19)17-10-7-13-21-14-17/h1-15H. The molecule has 23 heavy (non-hydrogen) atoms. The fourth-order valence-corrected chi connectivity index (χ4v) is 2.61. The first-order valence-electron chi connectivity index (χ1n) is 7.52. The second-order valence-electron chi connectivity index (χ2n) is 5.26. The Bertz CT molecular complexity index is 841. The molecule has 0 saturated carbocycles. The highest BCUT2D eigenvalue weighted by atomic mass is 15.1. The largest absolute Gasteiger partial charge is 0.299 e. The highest BCUT2D eigenvalue weighted by Crippen LogP contribution is 2.27. The fourth-order valence-electron chi connectivity index (χ4n) is 2.61. The van der Waals surface area contributed by atoms with Crippen LogP contribution in [0.4, 0.5) is 0 Å². The number of hydrogen-bond acceptors (Lipinski definition) is 2. The molecular formula is C20H15N3. The molecule has 2 aromatic carbocycles. The summed E-state index contributed by atoms with van der Waals surface area (Å²) in [4.78, 5) is 9.07. The summed E-state index contributed by atoms with van der Waals surface area (Å²) >= 11 is 0. The number of pyridine rings is 1. The van der Waals surface area contributed by atoms with Crippen LogP contribution in [0.2, 0.25) is 0 Å². The molecule has 0 saturated heterocycles. The van der Waals surface area contributed by atoms with Gasteiger partial charge < -0.3 is 0 Å². The predicted octanol–water partition coefficient (Wildman–Crippen LogP) is 4.60. The summed E-state index contributed by atoms with van der Waals surface area (Å²) in [5.74, 6) is 0.892. The van der Waals surface area contributed by atoms with E-state index in [-0.39, 0.29) is 0 Å². The van der Waals surface area contributed by atoms with Gasteiger partial charge in [0, 0.05) is 35.4 Å². The molecule has 4 aromatic rings. The van der Waals surface area contributed by atoms with Gasteiger partial charge >= 0.3 is 0 Å². The minimum atomic E-state index is 0.892. The molecule has 0 aliphatic heterocycles. The van der Waals surface area contributed by atoms with Gasteiger partial charge in [-0.2, -0.15) is 0 Å². The quantitative estimate of drug-likeness (QED) is 0.553. The van der Waals surface area contributed by atoms with Crippen molar-refractivity contribution in [3.63, 3.8) is 0 Å². The molecule has 0 spiro atoms. The van der Waals surface area contributed by atoms with Gasteiger partial charge in [-0.25, -0.2) is 4.98 Å². The summed E-state index contributed by atoms with van der Waals surface area (Å²) in [5, 5.41) is 0. The molecule has 2 heterocycles. The van der Waals surface area contributed by atoms with Gasteiger partial charge in [-0.15, -0.1) is 0 Å². The molecule has 2 aromatic heterocycles. The molecule has 3 nitrogen and oxygen atoms in total. The number of nitrogens with zero attached hydrogens (tertiary/aromatic N) is 3. The molecule has 110 valence electrons. The van der Waals surface area contributed by atoms with Gasteiger partial charge in [0.1, 0.15) is 5.82 Å². The maximum absolute atomic E-state index is 4.85. The molecule has 3 heteroatoms. The summed E-state index contributed by atoms with van der Waals surface area (Å²) in [6.45, 7) is 0. The van der Waals surface area contributed by atoms with Crippen molar-refractivity contribution in [1.82, 2.24) is 14.5 Å². The average Bonchev–Trinajstić information content (AvgIpc) is 3.09. The van der Waals surface area contributed by atoms with Crippen molar-refractivity contribution in [3.8, 4) is 28.3 Å². The van der Waals surface area contributed by atoms with Crippen LogP contribution in [-0.2, 0) is 0 Å². The predicted molar refractivity (Wildman–Crippen MR) is 92.2 cm³/mol. The van der Waals surface area contributed by atoms with Crippen LogP contribution in [0.25, 0.3) is 28.3 Å². The topological polar surface area (TPSA) is 30.7 Å². The Morgan fingerprint density at radius 2 is 1.39 bits per heavy atom. The van der Waals surface area contributed by atoms with Crippen molar-refractivity contribution >= 4 is 0 Å². The zero-order chi connectivity index (χ0) is 15.5. The first-order valence-corrected chi connectivity index (χ1v) is 7.52. The monoisotopic (exact) mass is 297 g/mol. The maximum atomic E-state index is 4.85. The Morgan fingerprint density at radius 3 is 2.09 bits per heavy atom. The van der Waals surface area contributed by atoms with E-state index in [9.17, 15) is 0 Å². The SMILES string of the molecule is c1ccc(-c2cn(-c3ccccc3)c(-c3cccnc3)n2)cc1. The Hall–Kier alpha value is -3.20. The highest BCUT2D eigenvalue weighted by Gasteiger charge is 2.12. The molecule has 0 aliphatic rings. The average molecular weight is 297 g/mol. The number of rotatable bonds is 3. The van der Waals surface area contributed by atoms with E-state index >= 15 is 0 Å². The zero-order valence-electron chi connectivity index (χ0n) is 12.5. The second kappa shape index (κ2) is 5.89. The summed E-state index contributed by atoms with van der Waals surface area (Å²) in [6.07, 6.45) is 5.70. The molecule has 0 bridgehead atoms. The lowest BCUT2D eigenvalue weighted by Crippen LogP contribution is -1.95. The van der Waals surface area contributed by atoms with Crippen LogP contribution in [-0.4, -0.2) is 14.5 Å². The van der Waals surface area contributed by atoms with Crippen molar-refractivity contribution in [2.24, 2.45) is 0 Å². The van der Waals surface area contributed by atoms with Gasteiger partial charge in [-0.1, -0.05) is 48.5 Å². The van der Waals surface area contributed by atoms with Gasteiger partial charge in [0.15, 0.2) is 0 Å². The lowest BCUT2D eigenvalue weighted by Gasteiger charge is -2.06. The molecule has 0 atom stereocenters. The Morgan fingerprint density at radius 1 is 0.696 bits per heavy atom. The van der Waals surface area contributed by atoms with Crippen LogP contribution in [0.15, 0.2) is 91.4 Å². The van der Waals surface area contributed by atoms with Crippen LogP contribution in [0.5, 0.6) is 0 Å². The third kappa shape index (κ3) is 2.64. The summed E-state index contributed by atoms with van der Waals surface area (Å²) in [7, 11) is 0. The first kappa shape index (κ1) is 13.5. The summed E-state index contributed by atoms with van der Waals surface area (Å²) < 4.78 is 2.11. The molecule has 0 amide bonds. The Labute approximate surface area is 134 Å². The van der Waals surface area contributed by atoms with E-state index in [1.54, 1.807) is 6.20 Å². The van der Waals surface area contributed by atoms with E-state index in [0.29, 0.717) is 0 Å². The lowest BCUT2D eigenvalue weighted by atomic mass is 10.2. The van der Waals surface area contributed by atoms with Gasteiger partial charge in [0.05, 0.1) is 5.69 Å². The number of para-hydroxylation sites is 1. The molecule has 0 N–H and O–H groups in total. The smallest absolute Gasteiger partial charge is 0.146 e. The zero-order valence-corrected chi connectivity index (χ0v) is 12.5.